The van der Waals surface area contributed by atoms with E-state index in [2.05, 4.69) is 29.4 Å². The number of benzene rings is 1. The molecule has 0 unspecified atom stereocenters. The molecular formula is C21H29ClN4O2. The van der Waals surface area contributed by atoms with Crippen LogP contribution < -0.4 is 10.6 Å². The molecule has 2 N–H and O–H groups in total. The Bertz CT molecular complexity index is 743. The molecule has 0 saturated carbocycles. The first-order chi connectivity index (χ1) is 13.4. The molecule has 3 aliphatic rings. The highest BCUT2D eigenvalue weighted by Gasteiger charge is 2.57. The van der Waals surface area contributed by atoms with Crippen LogP contribution in [0.15, 0.2) is 24.3 Å². The molecule has 7 heteroatoms. The molecule has 3 amide bonds. The number of rotatable bonds is 3. The average molecular weight is 405 g/mol. The third-order valence-electron chi connectivity index (χ3n) is 6.48. The Morgan fingerprint density at radius 1 is 1.25 bits per heavy atom. The highest BCUT2D eigenvalue weighted by Crippen LogP contribution is 2.44. The van der Waals surface area contributed by atoms with Crippen molar-refractivity contribution in [3.8, 4) is 0 Å². The van der Waals surface area contributed by atoms with Crippen LogP contribution in [-0.4, -0.2) is 60.0 Å². The molecule has 0 aliphatic carbocycles. The van der Waals surface area contributed by atoms with Gasteiger partial charge in [-0.1, -0.05) is 25.4 Å². The second-order valence-corrected chi connectivity index (χ2v) is 9.33. The number of likely N-dealkylation sites (tertiary alicyclic amines) is 2. The van der Waals surface area contributed by atoms with E-state index >= 15 is 0 Å². The first-order valence-electron chi connectivity index (χ1n) is 10.2. The highest BCUT2D eigenvalue weighted by atomic mass is 35.5. The summed E-state index contributed by atoms with van der Waals surface area (Å²) in [5, 5.41) is 6.90. The minimum Gasteiger partial charge on any atom is -0.350 e. The number of piperidine rings is 1. The Hall–Kier alpha value is -1.79. The molecule has 1 aromatic rings. The lowest BCUT2D eigenvalue weighted by molar-refractivity contribution is -0.123. The minimum absolute atomic E-state index is 0.0918. The number of anilines is 1. The first kappa shape index (κ1) is 19.5. The largest absolute Gasteiger partial charge is 0.350 e. The summed E-state index contributed by atoms with van der Waals surface area (Å²) in [6.07, 6.45) is 1.65. The van der Waals surface area contributed by atoms with E-state index in [-0.39, 0.29) is 23.4 Å². The van der Waals surface area contributed by atoms with Crippen LogP contribution in [-0.2, 0) is 4.79 Å². The van der Waals surface area contributed by atoms with Crippen molar-refractivity contribution in [2.75, 3.05) is 38.0 Å². The van der Waals surface area contributed by atoms with Crippen LogP contribution in [0.4, 0.5) is 10.5 Å². The quantitative estimate of drug-likeness (QED) is 0.813. The summed E-state index contributed by atoms with van der Waals surface area (Å²) in [7, 11) is 0. The minimum atomic E-state index is -0.148. The van der Waals surface area contributed by atoms with E-state index in [0.29, 0.717) is 29.9 Å². The SMILES string of the molecule is CC(C)CN1C[C@@H]2C(=O)NC3(CCN(C(=O)Nc4ccc(Cl)cc4)CC3)[C@@H]2C1. The zero-order chi connectivity index (χ0) is 19.9. The fourth-order valence-electron chi connectivity index (χ4n) is 5.15. The van der Waals surface area contributed by atoms with E-state index in [1.54, 1.807) is 24.3 Å². The molecule has 4 rings (SSSR count). The number of nitrogens with zero attached hydrogens (tertiary/aromatic N) is 2. The van der Waals surface area contributed by atoms with Crippen molar-refractivity contribution in [2.45, 2.75) is 32.2 Å². The molecule has 1 aromatic carbocycles. The standard InChI is InChI=1S/C21H29ClN4O2/c1-14(2)11-25-12-17-18(13-25)21(24-19(17)27)7-9-26(10-8-21)20(28)23-16-5-3-15(22)4-6-16/h3-6,14,17-18H,7-13H2,1-2H3,(H,23,28)(H,24,27)/t17-,18+/m0/s1. The number of nitrogens with one attached hydrogen (secondary N) is 2. The van der Waals surface area contributed by atoms with Crippen LogP contribution in [0.5, 0.6) is 0 Å². The van der Waals surface area contributed by atoms with E-state index < -0.39 is 0 Å². The Morgan fingerprint density at radius 2 is 1.93 bits per heavy atom. The normalized spacial score (nSPS) is 26.6. The number of urea groups is 1. The van der Waals surface area contributed by atoms with Crippen molar-refractivity contribution >= 4 is 29.2 Å². The number of halogens is 1. The molecule has 28 heavy (non-hydrogen) atoms. The zero-order valence-corrected chi connectivity index (χ0v) is 17.3. The molecule has 1 spiro atoms. The van der Waals surface area contributed by atoms with Gasteiger partial charge in [0.25, 0.3) is 0 Å². The molecular weight excluding hydrogens is 376 g/mol. The van der Waals surface area contributed by atoms with Crippen LogP contribution in [0, 0.1) is 17.8 Å². The fourth-order valence-corrected chi connectivity index (χ4v) is 5.27. The van der Waals surface area contributed by atoms with Gasteiger partial charge in [0.1, 0.15) is 0 Å². The number of amides is 3. The Balaban J connectivity index is 1.37. The average Bonchev–Trinajstić information content (AvgIpc) is 3.17. The summed E-state index contributed by atoms with van der Waals surface area (Å²) in [5.41, 5.74) is 0.592. The molecule has 0 aromatic heterocycles. The van der Waals surface area contributed by atoms with Crippen molar-refractivity contribution < 1.29 is 9.59 Å². The summed E-state index contributed by atoms with van der Waals surface area (Å²) in [5.74, 6) is 1.28. The summed E-state index contributed by atoms with van der Waals surface area (Å²) < 4.78 is 0. The van der Waals surface area contributed by atoms with Gasteiger partial charge in [0, 0.05) is 54.9 Å². The van der Waals surface area contributed by atoms with E-state index in [4.69, 9.17) is 11.6 Å². The number of hydrogen-bond donors (Lipinski definition) is 2. The topological polar surface area (TPSA) is 64.7 Å². The monoisotopic (exact) mass is 404 g/mol. The first-order valence-corrected chi connectivity index (χ1v) is 10.6. The van der Waals surface area contributed by atoms with Gasteiger partial charge in [-0.25, -0.2) is 4.79 Å². The van der Waals surface area contributed by atoms with Crippen LogP contribution >= 0.6 is 11.6 Å². The van der Waals surface area contributed by atoms with Crippen molar-refractivity contribution in [1.29, 1.82) is 0 Å². The van der Waals surface area contributed by atoms with Gasteiger partial charge in [0.2, 0.25) is 5.91 Å². The third-order valence-corrected chi connectivity index (χ3v) is 6.73. The lowest BCUT2D eigenvalue weighted by Gasteiger charge is -2.42. The fraction of sp³-hybridized carbons (Fsp3) is 0.619. The summed E-state index contributed by atoms with van der Waals surface area (Å²) in [6, 6.07) is 7.04. The van der Waals surface area contributed by atoms with E-state index in [0.717, 1.165) is 38.2 Å². The Morgan fingerprint density at radius 3 is 2.57 bits per heavy atom. The molecule has 3 saturated heterocycles. The third kappa shape index (κ3) is 3.72. The predicted octanol–water partition coefficient (Wildman–Crippen LogP) is 3.04. The molecule has 3 fully saturated rings. The predicted molar refractivity (Wildman–Crippen MR) is 110 cm³/mol. The smallest absolute Gasteiger partial charge is 0.321 e. The zero-order valence-electron chi connectivity index (χ0n) is 16.6. The van der Waals surface area contributed by atoms with E-state index in [9.17, 15) is 9.59 Å². The van der Waals surface area contributed by atoms with Gasteiger partial charge < -0.3 is 20.4 Å². The van der Waals surface area contributed by atoms with Gasteiger partial charge in [-0.05, 0) is 43.0 Å². The van der Waals surface area contributed by atoms with Crippen molar-refractivity contribution in [2.24, 2.45) is 17.8 Å². The number of hydrogen-bond acceptors (Lipinski definition) is 3. The molecule has 0 radical (unpaired) electrons. The van der Waals surface area contributed by atoms with Crippen LogP contribution in [0.3, 0.4) is 0 Å². The van der Waals surface area contributed by atoms with Gasteiger partial charge in [0.05, 0.1) is 5.92 Å². The molecule has 3 heterocycles. The number of fused-ring (bicyclic) bond motifs is 2. The van der Waals surface area contributed by atoms with Crippen molar-refractivity contribution in [1.82, 2.24) is 15.1 Å². The van der Waals surface area contributed by atoms with Gasteiger partial charge in [0.15, 0.2) is 0 Å². The van der Waals surface area contributed by atoms with Gasteiger partial charge in [-0.3, -0.25) is 4.79 Å². The summed E-state index contributed by atoms with van der Waals surface area (Å²) >= 11 is 5.90. The number of carbonyl (C=O) groups is 2. The van der Waals surface area contributed by atoms with Crippen LogP contribution in [0.1, 0.15) is 26.7 Å². The van der Waals surface area contributed by atoms with Gasteiger partial charge >= 0.3 is 6.03 Å². The molecule has 3 aliphatic heterocycles. The van der Waals surface area contributed by atoms with Gasteiger partial charge in [-0.2, -0.15) is 0 Å². The van der Waals surface area contributed by atoms with Crippen molar-refractivity contribution in [3.05, 3.63) is 29.3 Å². The van der Waals surface area contributed by atoms with Gasteiger partial charge in [-0.15, -0.1) is 0 Å². The number of carbonyl (C=O) groups excluding carboxylic acids is 2. The lowest BCUT2D eigenvalue weighted by Crippen LogP contribution is -2.56. The molecule has 6 nitrogen and oxygen atoms in total. The van der Waals surface area contributed by atoms with E-state index in [1.165, 1.54) is 0 Å². The maximum Gasteiger partial charge on any atom is 0.321 e. The Kier molecular flexibility index (Phi) is 5.27. The second kappa shape index (κ2) is 7.56. The highest BCUT2D eigenvalue weighted by molar-refractivity contribution is 6.30. The van der Waals surface area contributed by atoms with Crippen LogP contribution in [0.2, 0.25) is 5.02 Å². The summed E-state index contributed by atoms with van der Waals surface area (Å²) in [6.45, 7) is 8.67. The second-order valence-electron chi connectivity index (χ2n) is 8.89. The maximum atomic E-state index is 12.6. The van der Waals surface area contributed by atoms with Crippen LogP contribution in [0.25, 0.3) is 0 Å². The Labute approximate surface area is 171 Å². The molecule has 152 valence electrons. The molecule has 2 atom stereocenters. The molecule has 0 bridgehead atoms. The lowest BCUT2D eigenvalue weighted by atomic mass is 9.75. The van der Waals surface area contributed by atoms with Crippen molar-refractivity contribution in [3.63, 3.8) is 0 Å². The summed E-state index contributed by atoms with van der Waals surface area (Å²) in [4.78, 5) is 29.5. The van der Waals surface area contributed by atoms with E-state index in [1.807, 2.05) is 4.90 Å². The maximum absolute atomic E-state index is 12.6.